The van der Waals surface area contributed by atoms with Crippen LogP contribution in [0.3, 0.4) is 0 Å². The minimum absolute atomic E-state index is 0.167. The lowest BCUT2D eigenvalue weighted by molar-refractivity contribution is 0.0133. The first-order valence-corrected chi connectivity index (χ1v) is 4.10. The summed E-state index contributed by atoms with van der Waals surface area (Å²) in [5, 5.41) is 18.2. The van der Waals surface area contributed by atoms with Crippen LogP contribution in [-0.2, 0) is 4.74 Å². The van der Waals surface area contributed by atoms with Crippen LogP contribution < -0.4 is 0 Å². The third kappa shape index (κ3) is 1.54. The molecule has 4 heteroatoms. The highest BCUT2D eigenvalue weighted by molar-refractivity contribution is 7.82. The maximum Gasteiger partial charge on any atom is 0.108 e. The van der Waals surface area contributed by atoms with Gasteiger partial charge in [-0.2, -0.15) is 12.6 Å². The Bertz CT molecular complexity index is 142. The molecule has 1 fully saturated rings. The van der Waals surface area contributed by atoms with Gasteiger partial charge in [-0.3, -0.25) is 0 Å². The minimum Gasteiger partial charge on any atom is -0.394 e. The summed E-state index contributed by atoms with van der Waals surface area (Å²) in [7, 11) is 0. The van der Waals surface area contributed by atoms with Gasteiger partial charge in [-0.25, -0.2) is 0 Å². The molecule has 1 aliphatic rings. The molecule has 0 aromatic carbocycles. The lowest BCUT2D eigenvalue weighted by atomic mass is 9.98. The van der Waals surface area contributed by atoms with Gasteiger partial charge in [0.25, 0.3) is 0 Å². The van der Waals surface area contributed by atoms with E-state index in [9.17, 15) is 5.11 Å². The van der Waals surface area contributed by atoms with Gasteiger partial charge in [-0.15, -0.1) is 0 Å². The number of rotatable bonds is 2. The second-order valence-corrected chi connectivity index (χ2v) is 3.60. The lowest BCUT2D eigenvalue weighted by Crippen LogP contribution is -2.38. The van der Waals surface area contributed by atoms with Crippen molar-refractivity contribution in [1.82, 2.24) is 0 Å². The summed E-state index contributed by atoms with van der Waals surface area (Å²) in [6.07, 6.45) is -0.526. The fourth-order valence-electron chi connectivity index (χ4n) is 1.11. The normalized spacial score (nSPS) is 44.7. The molecule has 0 saturated carbocycles. The summed E-state index contributed by atoms with van der Waals surface area (Å²) in [4.78, 5) is 0. The highest BCUT2D eigenvalue weighted by Gasteiger charge is 2.45. The SMILES string of the molecule is CC[C@@]1(S)[CH]O[C@H](CO)[C@H]1O. The molecule has 3 atom stereocenters. The quantitative estimate of drug-likeness (QED) is 0.519. The molecule has 0 spiro atoms. The fraction of sp³-hybridized carbons (Fsp3) is 0.857. The molecule has 65 valence electrons. The Balaban J connectivity index is 2.61. The molecule has 1 aliphatic heterocycles. The van der Waals surface area contributed by atoms with E-state index in [0.717, 1.165) is 0 Å². The molecule has 1 rings (SSSR count). The molecule has 0 aromatic heterocycles. The predicted octanol–water partition coefficient (Wildman–Crippen LogP) is -0.0212. The van der Waals surface area contributed by atoms with Crippen molar-refractivity contribution in [3.05, 3.63) is 6.61 Å². The van der Waals surface area contributed by atoms with E-state index in [2.05, 4.69) is 12.6 Å². The van der Waals surface area contributed by atoms with Gasteiger partial charge < -0.3 is 14.9 Å². The van der Waals surface area contributed by atoms with E-state index in [1.54, 1.807) is 0 Å². The average molecular weight is 177 g/mol. The Kier molecular flexibility index (Phi) is 2.80. The van der Waals surface area contributed by atoms with Crippen LogP contribution in [0.4, 0.5) is 0 Å². The highest BCUT2D eigenvalue weighted by atomic mass is 32.1. The number of ether oxygens (including phenoxy) is 1. The van der Waals surface area contributed by atoms with Crippen molar-refractivity contribution >= 4 is 12.6 Å². The standard InChI is InChI=1S/C7H13O3S/c1-2-7(11)4-10-5(3-8)6(7)9/h4-6,8-9,11H,2-3H2,1H3/t5-,6-,7-/m1/s1. The van der Waals surface area contributed by atoms with Crippen LogP contribution in [0.2, 0.25) is 0 Å². The maximum atomic E-state index is 9.52. The smallest absolute Gasteiger partial charge is 0.108 e. The first-order valence-electron chi connectivity index (χ1n) is 3.65. The van der Waals surface area contributed by atoms with Crippen molar-refractivity contribution < 1.29 is 14.9 Å². The summed E-state index contributed by atoms with van der Waals surface area (Å²) in [5.41, 5.74) is 0. The Morgan fingerprint density at radius 2 is 2.36 bits per heavy atom. The summed E-state index contributed by atoms with van der Waals surface area (Å²) in [6.45, 7) is 3.25. The van der Waals surface area contributed by atoms with Crippen LogP contribution >= 0.6 is 12.6 Å². The molecule has 1 heterocycles. The zero-order valence-corrected chi connectivity index (χ0v) is 7.29. The Morgan fingerprint density at radius 3 is 2.64 bits per heavy atom. The van der Waals surface area contributed by atoms with Gasteiger partial charge in [0, 0.05) is 0 Å². The maximum absolute atomic E-state index is 9.52. The van der Waals surface area contributed by atoms with Crippen molar-refractivity contribution in [2.75, 3.05) is 6.61 Å². The van der Waals surface area contributed by atoms with E-state index in [0.29, 0.717) is 6.42 Å². The number of aliphatic hydroxyl groups excluding tert-OH is 2. The van der Waals surface area contributed by atoms with Crippen molar-refractivity contribution in [3.8, 4) is 0 Å². The van der Waals surface area contributed by atoms with Gasteiger partial charge in [0.2, 0.25) is 0 Å². The number of hydrogen-bond acceptors (Lipinski definition) is 4. The molecule has 0 bridgehead atoms. The van der Waals surface area contributed by atoms with Crippen molar-refractivity contribution in [3.63, 3.8) is 0 Å². The Morgan fingerprint density at radius 1 is 1.73 bits per heavy atom. The molecular formula is C7H13O3S. The van der Waals surface area contributed by atoms with Gasteiger partial charge >= 0.3 is 0 Å². The fourth-order valence-corrected chi connectivity index (χ4v) is 1.33. The van der Waals surface area contributed by atoms with Gasteiger partial charge in [0.15, 0.2) is 0 Å². The van der Waals surface area contributed by atoms with Crippen LogP contribution in [0.1, 0.15) is 13.3 Å². The second kappa shape index (κ2) is 3.31. The largest absolute Gasteiger partial charge is 0.394 e. The summed E-state index contributed by atoms with van der Waals surface area (Å²) in [6, 6.07) is 0. The topological polar surface area (TPSA) is 49.7 Å². The van der Waals surface area contributed by atoms with E-state index >= 15 is 0 Å². The molecule has 0 amide bonds. The van der Waals surface area contributed by atoms with Crippen molar-refractivity contribution in [2.24, 2.45) is 0 Å². The van der Waals surface area contributed by atoms with Gasteiger partial charge in [0.1, 0.15) is 12.7 Å². The lowest BCUT2D eigenvalue weighted by Gasteiger charge is -2.23. The molecule has 3 nitrogen and oxygen atoms in total. The molecular weight excluding hydrogens is 164 g/mol. The first-order chi connectivity index (χ1) is 5.14. The van der Waals surface area contributed by atoms with Gasteiger partial charge in [-0.1, -0.05) is 6.92 Å². The second-order valence-electron chi connectivity index (χ2n) is 2.76. The van der Waals surface area contributed by atoms with Crippen LogP contribution in [0.25, 0.3) is 0 Å². The molecule has 2 N–H and O–H groups in total. The highest BCUT2D eigenvalue weighted by Crippen LogP contribution is 2.36. The van der Waals surface area contributed by atoms with E-state index in [1.807, 2.05) is 6.92 Å². The van der Waals surface area contributed by atoms with Crippen LogP contribution in [0, 0.1) is 6.61 Å². The van der Waals surface area contributed by atoms with E-state index < -0.39 is 17.0 Å². The van der Waals surface area contributed by atoms with Crippen LogP contribution in [-0.4, -0.2) is 33.8 Å². The van der Waals surface area contributed by atoms with Gasteiger partial charge in [0.05, 0.1) is 17.5 Å². The molecule has 0 unspecified atom stereocenters. The van der Waals surface area contributed by atoms with E-state index in [1.165, 1.54) is 6.61 Å². The minimum atomic E-state index is -0.708. The summed E-state index contributed by atoms with van der Waals surface area (Å²) >= 11 is 4.25. The third-order valence-corrected chi connectivity index (χ3v) is 2.74. The zero-order chi connectivity index (χ0) is 8.48. The average Bonchev–Trinajstić information content (AvgIpc) is 2.31. The summed E-state index contributed by atoms with van der Waals surface area (Å²) < 4.78 is 4.43. The first kappa shape index (κ1) is 9.32. The Hall–Kier alpha value is 0.230. The molecule has 1 saturated heterocycles. The number of hydrogen-bond donors (Lipinski definition) is 3. The Labute approximate surface area is 71.8 Å². The third-order valence-electron chi connectivity index (χ3n) is 2.06. The molecule has 0 aromatic rings. The number of thiol groups is 1. The molecule has 1 radical (unpaired) electrons. The van der Waals surface area contributed by atoms with Crippen molar-refractivity contribution in [1.29, 1.82) is 0 Å². The zero-order valence-electron chi connectivity index (χ0n) is 6.40. The van der Waals surface area contributed by atoms with Gasteiger partial charge in [-0.05, 0) is 6.42 Å². The monoisotopic (exact) mass is 177 g/mol. The molecule has 11 heavy (non-hydrogen) atoms. The van der Waals surface area contributed by atoms with Crippen LogP contribution in [0.5, 0.6) is 0 Å². The predicted molar refractivity (Wildman–Crippen MR) is 44.3 cm³/mol. The molecule has 0 aliphatic carbocycles. The van der Waals surface area contributed by atoms with Crippen molar-refractivity contribution in [2.45, 2.75) is 30.3 Å². The summed E-state index contributed by atoms with van der Waals surface area (Å²) in [5.74, 6) is 0. The van der Waals surface area contributed by atoms with E-state index in [4.69, 9.17) is 9.84 Å². The number of aliphatic hydroxyl groups is 2. The van der Waals surface area contributed by atoms with Crippen LogP contribution in [0.15, 0.2) is 0 Å². The van der Waals surface area contributed by atoms with E-state index in [-0.39, 0.29) is 6.61 Å².